The number of hydrogen-bond acceptors (Lipinski definition) is 5. The van der Waals surface area contributed by atoms with Crippen LogP contribution in [0.4, 0.5) is 4.39 Å². The van der Waals surface area contributed by atoms with Gasteiger partial charge in [-0.1, -0.05) is 24.3 Å². The molecule has 4 aromatic rings. The predicted octanol–water partition coefficient (Wildman–Crippen LogP) is 4.13. The van der Waals surface area contributed by atoms with Gasteiger partial charge in [0.15, 0.2) is 5.69 Å². The molecule has 180 valence electrons. The fraction of sp³-hybridized carbons (Fsp3) is 0.214. The van der Waals surface area contributed by atoms with Crippen molar-refractivity contribution in [1.82, 2.24) is 25.4 Å². The number of benzene rings is 2. The number of halogens is 1. The van der Waals surface area contributed by atoms with Gasteiger partial charge in [0.2, 0.25) is 0 Å². The zero-order valence-corrected chi connectivity index (χ0v) is 19.6. The molecule has 0 saturated carbocycles. The van der Waals surface area contributed by atoms with Gasteiger partial charge in [-0.15, -0.1) is 0 Å². The van der Waals surface area contributed by atoms with Gasteiger partial charge in [0, 0.05) is 35.5 Å². The molecule has 0 aliphatic carbocycles. The van der Waals surface area contributed by atoms with Crippen LogP contribution in [0.15, 0.2) is 78.1 Å². The number of pyridine rings is 1. The van der Waals surface area contributed by atoms with Gasteiger partial charge in [0.05, 0.1) is 23.8 Å². The first-order valence-corrected chi connectivity index (χ1v) is 12.1. The summed E-state index contributed by atoms with van der Waals surface area (Å²) in [6.45, 7) is 3.55. The van der Waals surface area contributed by atoms with Crippen LogP contribution < -0.4 is 5.32 Å². The summed E-state index contributed by atoms with van der Waals surface area (Å²) in [5, 5.41) is 11.0. The lowest BCUT2D eigenvalue weighted by atomic mass is 10.0. The highest BCUT2D eigenvalue weighted by Crippen LogP contribution is 2.26. The summed E-state index contributed by atoms with van der Waals surface area (Å²) in [5.74, 6) is -0.579. The molecule has 1 amide bonds. The number of hydrogen-bond donors (Lipinski definition) is 2. The number of dihydropyridines is 1. The van der Waals surface area contributed by atoms with E-state index < -0.39 is 0 Å². The minimum atomic E-state index is -0.303. The first-order chi connectivity index (χ1) is 17.6. The van der Waals surface area contributed by atoms with Crippen molar-refractivity contribution in [3.8, 4) is 11.1 Å². The minimum absolute atomic E-state index is 0.271. The normalized spacial score (nSPS) is 17.6. The molecule has 1 unspecified atom stereocenters. The molecule has 2 N–H and O–H groups in total. The summed E-state index contributed by atoms with van der Waals surface area (Å²) in [6, 6.07) is 14.1. The third kappa shape index (κ3) is 4.55. The van der Waals surface area contributed by atoms with Crippen LogP contribution in [0.25, 0.3) is 22.0 Å². The first-order valence-electron chi connectivity index (χ1n) is 12.1. The summed E-state index contributed by atoms with van der Waals surface area (Å²) in [5.41, 5.74) is 5.71. The molecule has 1 fully saturated rings. The molecule has 8 heteroatoms. The first kappa shape index (κ1) is 22.3. The van der Waals surface area contributed by atoms with Gasteiger partial charge in [0.1, 0.15) is 5.82 Å². The van der Waals surface area contributed by atoms with Gasteiger partial charge in [-0.05, 0) is 67.0 Å². The summed E-state index contributed by atoms with van der Waals surface area (Å²) < 4.78 is 13.5. The number of carbonyl (C=O) groups excluding carboxylic acids is 1. The highest BCUT2D eigenvalue weighted by Gasteiger charge is 2.20. The van der Waals surface area contributed by atoms with Crippen molar-refractivity contribution in [2.75, 3.05) is 19.6 Å². The molecule has 2 aromatic heterocycles. The maximum absolute atomic E-state index is 13.5. The number of amides is 1. The molecule has 4 heterocycles. The van der Waals surface area contributed by atoms with Crippen LogP contribution in [0.3, 0.4) is 0 Å². The van der Waals surface area contributed by atoms with Crippen molar-refractivity contribution in [3.63, 3.8) is 0 Å². The van der Waals surface area contributed by atoms with E-state index in [9.17, 15) is 9.18 Å². The standard InChI is InChI=1S/C28H25FN6O/c29-22-4-1-3-20(12-22)25-8-6-23(16-31-25)32-28(36)27-24-13-19(5-7-26(24)33-34-27)21-11-18(14-30-15-21)17-35-9-2-10-35/h1,3-8,11-15,23H,2,9-10,16-17H2,(H,32,36)(H,33,34). The molecule has 1 atom stereocenters. The van der Waals surface area contributed by atoms with Crippen molar-refractivity contribution in [2.24, 2.45) is 4.99 Å². The van der Waals surface area contributed by atoms with Crippen molar-refractivity contribution >= 4 is 22.5 Å². The maximum atomic E-state index is 13.5. The number of carbonyl (C=O) groups is 1. The van der Waals surface area contributed by atoms with Gasteiger partial charge in [-0.3, -0.25) is 24.8 Å². The quantitative estimate of drug-likeness (QED) is 0.435. The van der Waals surface area contributed by atoms with E-state index in [2.05, 4.69) is 36.5 Å². The van der Waals surface area contributed by atoms with Gasteiger partial charge in [-0.25, -0.2) is 4.39 Å². The third-order valence-electron chi connectivity index (χ3n) is 6.64. The van der Waals surface area contributed by atoms with Gasteiger partial charge >= 0.3 is 0 Å². The predicted molar refractivity (Wildman–Crippen MR) is 137 cm³/mol. The molecule has 0 radical (unpaired) electrons. The number of H-pyrrole nitrogens is 1. The molecule has 2 aliphatic rings. The Labute approximate surface area is 207 Å². The van der Waals surface area contributed by atoms with Crippen LogP contribution in [-0.2, 0) is 6.54 Å². The van der Waals surface area contributed by atoms with E-state index >= 15 is 0 Å². The van der Waals surface area contributed by atoms with Crippen molar-refractivity contribution < 1.29 is 9.18 Å². The van der Waals surface area contributed by atoms with Crippen molar-refractivity contribution in [3.05, 3.63) is 95.7 Å². The number of aromatic nitrogens is 3. The zero-order valence-electron chi connectivity index (χ0n) is 19.6. The molecule has 6 rings (SSSR count). The molecule has 36 heavy (non-hydrogen) atoms. The SMILES string of the molecule is O=C(NC1C=CC(c2cccc(F)c2)=NC1)c1n[nH]c2ccc(-c3cncc(CN4CCC4)c3)cc12. The number of nitrogens with zero attached hydrogens (tertiary/aromatic N) is 4. The number of nitrogens with one attached hydrogen (secondary N) is 2. The lowest BCUT2D eigenvalue weighted by Gasteiger charge is -2.30. The van der Waals surface area contributed by atoms with E-state index in [0.29, 0.717) is 23.5 Å². The minimum Gasteiger partial charge on any atom is -0.343 e. The summed E-state index contributed by atoms with van der Waals surface area (Å²) in [6.07, 6.45) is 8.70. The summed E-state index contributed by atoms with van der Waals surface area (Å²) >= 11 is 0. The van der Waals surface area contributed by atoms with Crippen molar-refractivity contribution in [1.29, 1.82) is 0 Å². The molecule has 7 nitrogen and oxygen atoms in total. The topological polar surface area (TPSA) is 86.3 Å². The number of aromatic amines is 1. The fourth-order valence-corrected chi connectivity index (χ4v) is 4.58. The Morgan fingerprint density at radius 2 is 2.00 bits per heavy atom. The lowest BCUT2D eigenvalue weighted by molar-refractivity contribution is 0.0942. The lowest BCUT2D eigenvalue weighted by Crippen LogP contribution is -2.37. The maximum Gasteiger partial charge on any atom is 0.272 e. The second-order valence-electron chi connectivity index (χ2n) is 9.22. The van der Waals surface area contributed by atoms with Crippen LogP contribution in [0.1, 0.15) is 28.0 Å². The molecule has 2 aromatic carbocycles. The molecule has 0 bridgehead atoms. The molecule has 0 spiro atoms. The van der Waals surface area contributed by atoms with Gasteiger partial charge in [-0.2, -0.15) is 5.10 Å². The summed E-state index contributed by atoms with van der Waals surface area (Å²) in [7, 11) is 0. The number of likely N-dealkylation sites (tertiary alicyclic amines) is 1. The van der Waals surface area contributed by atoms with E-state index in [4.69, 9.17) is 0 Å². The Kier molecular flexibility index (Phi) is 5.87. The third-order valence-corrected chi connectivity index (χ3v) is 6.64. The highest BCUT2D eigenvalue weighted by atomic mass is 19.1. The summed E-state index contributed by atoms with van der Waals surface area (Å²) in [4.78, 5) is 24.5. The average Bonchev–Trinajstić information content (AvgIpc) is 3.30. The number of allylic oxidation sites excluding steroid dienone is 1. The van der Waals surface area contributed by atoms with E-state index in [1.54, 1.807) is 6.07 Å². The van der Waals surface area contributed by atoms with E-state index in [1.165, 1.54) is 24.1 Å². The molecule has 2 aliphatic heterocycles. The van der Waals surface area contributed by atoms with Crippen molar-refractivity contribution in [2.45, 2.75) is 19.0 Å². The Bertz CT molecular complexity index is 1500. The van der Waals surface area contributed by atoms with Crippen LogP contribution in [0, 0.1) is 5.82 Å². The fourth-order valence-electron chi connectivity index (χ4n) is 4.58. The van der Waals surface area contributed by atoms with E-state index in [-0.39, 0.29) is 17.8 Å². The molecular formula is C28H25FN6O. The Hall–Kier alpha value is -4.17. The smallest absolute Gasteiger partial charge is 0.272 e. The Morgan fingerprint density at radius 1 is 1.08 bits per heavy atom. The molecular weight excluding hydrogens is 455 g/mol. The Morgan fingerprint density at radius 3 is 2.78 bits per heavy atom. The number of fused-ring (bicyclic) bond motifs is 1. The van der Waals surface area contributed by atoms with Crippen LogP contribution in [-0.4, -0.2) is 57.4 Å². The van der Waals surface area contributed by atoms with Crippen LogP contribution in [0.2, 0.25) is 0 Å². The van der Waals surface area contributed by atoms with Gasteiger partial charge < -0.3 is 5.32 Å². The number of aliphatic imine (C=N–C) groups is 1. The number of rotatable bonds is 6. The highest BCUT2D eigenvalue weighted by molar-refractivity contribution is 6.09. The van der Waals surface area contributed by atoms with E-state index in [0.717, 1.165) is 41.7 Å². The van der Waals surface area contributed by atoms with Gasteiger partial charge in [0.25, 0.3) is 5.91 Å². The van der Waals surface area contributed by atoms with Crippen LogP contribution in [0.5, 0.6) is 0 Å². The molecule has 1 saturated heterocycles. The van der Waals surface area contributed by atoms with E-state index in [1.807, 2.05) is 48.8 Å². The second kappa shape index (κ2) is 9.47. The Balaban J connectivity index is 1.18. The van der Waals surface area contributed by atoms with Crippen LogP contribution >= 0.6 is 0 Å². The zero-order chi connectivity index (χ0) is 24.5. The average molecular weight is 481 g/mol. The monoisotopic (exact) mass is 480 g/mol. The second-order valence-corrected chi connectivity index (χ2v) is 9.22. The largest absolute Gasteiger partial charge is 0.343 e.